The molecule has 104 valence electrons. The van der Waals surface area contributed by atoms with Crippen LogP contribution in [0, 0.1) is 11.3 Å². The Balaban J connectivity index is 2.07. The third-order valence-corrected chi connectivity index (χ3v) is 3.58. The average molecular weight is 276 g/mol. The van der Waals surface area contributed by atoms with E-state index in [9.17, 15) is 0 Å². The molecule has 4 heteroatoms. The minimum atomic E-state index is 0.491. The first-order valence-corrected chi connectivity index (χ1v) is 6.89. The third-order valence-electron chi connectivity index (χ3n) is 3.58. The van der Waals surface area contributed by atoms with Gasteiger partial charge < -0.3 is 9.88 Å². The van der Waals surface area contributed by atoms with E-state index in [1.165, 1.54) is 16.5 Å². The Kier molecular flexibility index (Phi) is 3.67. The third kappa shape index (κ3) is 2.51. The highest BCUT2D eigenvalue weighted by Crippen LogP contribution is 2.22. The van der Waals surface area contributed by atoms with Gasteiger partial charge in [-0.1, -0.05) is 24.3 Å². The fourth-order valence-corrected chi connectivity index (χ4v) is 2.66. The molecule has 1 aromatic carbocycles. The van der Waals surface area contributed by atoms with Crippen LogP contribution in [-0.2, 0) is 13.1 Å². The van der Waals surface area contributed by atoms with Crippen molar-refractivity contribution in [2.24, 2.45) is 0 Å². The number of fused-ring (bicyclic) bond motifs is 1. The molecular formula is C17H16N4. The number of aromatic nitrogens is 2. The lowest BCUT2D eigenvalue weighted by Gasteiger charge is -2.10. The van der Waals surface area contributed by atoms with E-state index >= 15 is 0 Å². The molecule has 0 bridgehead atoms. The van der Waals surface area contributed by atoms with Crippen molar-refractivity contribution < 1.29 is 0 Å². The van der Waals surface area contributed by atoms with Crippen molar-refractivity contribution in [3.05, 3.63) is 65.6 Å². The van der Waals surface area contributed by atoms with E-state index in [4.69, 9.17) is 5.26 Å². The fraction of sp³-hybridized carbons (Fsp3) is 0.176. The molecule has 0 spiro atoms. The van der Waals surface area contributed by atoms with E-state index in [0.29, 0.717) is 12.2 Å². The lowest BCUT2D eigenvalue weighted by molar-refractivity contribution is 0.793. The van der Waals surface area contributed by atoms with E-state index in [2.05, 4.69) is 51.4 Å². The molecule has 0 fully saturated rings. The van der Waals surface area contributed by atoms with Gasteiger partial charge in [-0.3, -0.25) is 0 Å². The van der Waals surface area contributed by atoms with Crippen LogP contribution in [0.15, 0.2) is 48.8 Å². The van der Waals surface area contributed by atoms with Crippen molar-refractivity contribution in [2.75, 3.05) is 7.05 Å². The van der Waals surface area contributed by atoms with Gasteiger partial charge in [0.05, 0.1) is 12.1 Å². The quantitative estimate of drug-likeness (QED) is 0.797. The monoisotopic (exact) mass is 276 g/mol. The number of nitriles is 1. The van der Waals surface area contributed by atoms with Gasteiger partial charge in [-0.2, -0.15) is 5.26 Å². The smallest absolute Gasteiger partial charge is 0.145 e. The molecule has 21 heavy (non-hydrogen) atoms. The summed E-state index contributed by atoms with van der Waals surface area (Å²) in [4.78, 5) is 4.13. The number of nitrogens with one attached hydrogen (secondary N) is 1. The lowest BCUT2D eigenvalue weighted by atomic mass is 10.1. The summed E-state index contributed by atoms with van der Waals surface area (Å²) >= 11 is 0. The molecule has 0 saturated carbocycles. The van der Waals surface area contributed by atoms with Gasteiger partial charge >= 0.3 is 0 Å². The number of hydrogen-bond donors (Lipinski definition) is 1. The van der Waals surface area contributed by atoms with Gasteiger partial charge in [0.25, 0.3) is 0 Å². The molecule has 4 nitrogen and oxygen atoms in total. The standard InChI is InChI=1S/C17H16N4/c1-19-11-14-5-2-4-13-7-9-21(17(13)14)12-15-6-3-8-20-16(15)10-18/h2-9,19H,11-12H2,1H3. The molecule has 3 rings (SSSR count). The zero-order valence-electron chi connectivity index (χ0n) is 11.9. The van der Waals surface area contributed by atoms with Gasteiger partial charge in [0.1, 0.15) is 11.8 Å². The van der Waals surface area contributed by atoms with Crippen LogP contribution in [0.5, 0.6) is 0 Å². The van der Waals surface area contributed by atoms with Gasteiger partial charge in [-0.05, 0) is 30.1 Å². The SMILES string of the molecule is CNCc1cccc2ccn(Cc3cccnc3C#N)c12. The summed E-state index contributed by atoms with van der Waals surface area (Å²) in [5.41, 5.74) is 3.89. The van der Waals surface area contributed by atoms with Gasteiger partial charge in [0.2, 0.25) is 0 Å². The fourth-order valence-electron chi connectivity index (χ4n) is 2.66. The van der Waals surface area contributed by atoms with Crippen molar-refractivity contribution in [3.8, 4) is 6.07 Å². The van der Waals surface area contributed by atoms with E-state index in [1.807, 2.05) is 19.2 Å². The summed E-state index contributed by atoms with van der Waals surface area (Å²) in [5.74, 6) is 0. The molecule has 0 aliphatic heterocycles. The van der Waals surface area contributed by atoms with Crippen LogP contribution in [0.25, 0.3) is 10.9 Å². The summed E-state index contributed by atoms with van der Waals surface area (Å²) in [6.07, 6.45) is 3.72. The van der Waals surface area contributed by atoms with Crippen molar-refractivity contribution in [1.29, 1.82) is 5.26 Å². The Morgan fingerprint density at radius 3 is 2.86 bits per heavy atom. The van der Waals surface area contributed by atoms with Crippen LogP contribution in [-0.4, -0.2) is 16.6 Å². The van der Waals surface area contributed by atoms with Crippen LogP contribution in [0.4, 0.5) is 0 Å². The second-order valence-corrected chi connectivity index (χ2v) is 4.95. The maximum atomic E-state index is 9.17. The molecule has 0 radical (unpaired) electrons. The largest absolute Gasteiger partial charge is 0.343 e. The Labute approximate surface area is 123 Å². The second kappa shape index (κ2) is 5.78. The molecule has 1 N–H and O–H groups in total. The first kappa shape index (κ1) is 13.3. The van der Waals surface area contributed by atoms with Crippen molar-refractivity contribution in [2.45, 2.75) is 13.1 Å². The minimum absolute atomic E-state index is 0.491. The highest BCUT2D eigenvalue weighted by atomic mass is 15.0. The Morgan fingerprint density at radius 1 is 1.19 bits per heavy atom. The Morgan fingerprint density at radius 2 is 2.05 bits per heavy atom. The molecule has 2 aromatic heterocycles. The van der Waals surface area contributed by atoms with Gasteiger partial charge in [-0.25, -0.2) is 4.98 Å². The first-order chi connectivity index (χ1) is 10.3. The summed E-state index contributed by atoms with van der Waals surface area (Å²) in [7, 11) is 1.95. The van der Waals surface area contributed by atoms with Crippen molar-refractivity contribution >= 4 is 10.9 Å². The molecule has 3 aromatic rings. The van der Waals surface area contributed by atoms with Crippen LogP contribution in [0.2, 0.25) is 0 Å². The predicted molar refractivity (Wildman–Crippen MR) is 82.8 cm³/mol. The Bertz CT molecular complexity index is 811. The molecule has 0 amide bonds. The van der Waals surface area contributed by atoms with Gasteiger partial charge in [0.15, 0.2) is 0 Å². The van der Waals surface area contributed by atoms with Crippen LogP contribution in [0.3, 0.4) is 0 Å². The molecular weight excluding hydrogens is 260 g/mol. The second-order valence-electron chi connectivity index (χ2n) is 4.95. The molecule has 2 heterocycles. The van der Waals surface area contributed by atoms with E-state index in [0.717, 1.165) is 12.1 Å². The van der Waals surface area contributed by atoms with Crippen LogP contribution < -0.4 is 5.32 Å². The van der Waals surface area contributed by atoms with Crippen LogP contribution in [0.1, 0.15) is 16.8 Å². The number of benzene rings is 1. The van der Waals surface area contributed by atoms with E-state index in [-0.39, 0.29) is 0 Å². The number of nitrogens with zero attached hydrogens (tertiary/aromatic N) is 3. The number of pyridine rings is 1. The number of rotatable bonds is 4. The van der Waals surface area contributed by atoms with E-state index < -0.39 is 0 Å². The summed E-state index contributed by atoms with van der Waals surface area (Å²) in [6, 6.07) is 14.4. The molecule has 0 unspecified atom stereocenters. The van der Waals surface area contributed by atoms with Crippen LogP contribution >= 0.6 is 0 Å². The number of hydrogen-bond acceptors (Lipinski definition) is 3. The molecule has 0 atom stereocenters. The first-order valence-electron chi connectivity index (χ1n) is 6.89. The van der Waals surface area contributed by atoms with Crippen molar-refractivity contribution in [3.63, 3.8) is 0 Å². The maximum Gasteiger partial charge on any atom is 0.145 e. The minimum Gasteiger partial charge on any atom is -0.343 e. The molecule has 0 saturated heterocycles. The molecule has 0 aliphatic carbocycles. The lowest BCUT2D eigenvalue weighted by Crippen LogP contribution is -2.08. The predicted octanol–water partition coefficient (Wildman–Crippen LogP) is 2.68. The average Bonchev–Trinajstić information content (AvgIpc) is 2.92. The summed E-state index contributed by atoms with van der Waals surface area (Å²) in [6.45, 7) is 1.47. The topological polar surface area (TPSA) is 53.6 Å². The van der Waals surface area contributed by atoms with Gasteiger partial charge in [-0.15, -0.1) is 0 Å². The summed E-state index contributed by atoms with van der Waals surface area (Å²) < 4.78 is 2.18. The maximum absolute atomic E-state index is 9.17. The van der Waals surface area contributed by atoms with Gasteiger partial charge in [0, 0.05) is 24.5 Å². The summed E-state index contributed by atoms with van der Waals surface area (Å²) in [5, 5.41) is 13.6. The highest BCUT2D eigenvalue weighted by molar-refractivity contribution is 5.83. The molecule has 0 aliphatic rings. The zero-order valence-corrected chi connectivity index (χ0v) is 11.9. The van der Waals surface area contributed by atoms with E-state index in [1.54, 1.807) is 6.20 Å². The zero-order chi connectivity index (χ0) is 14.7. The van der Waals surface area contributed by atoms with Crippen molar-refractivity contribution in [1.82, 2.24) is 14.9 Å². The Hall–Kier alpha value is -2.64. The number of para-hydroxylation sites is 1. The highest BCUT2D eigenvalue weighted by Gasteiger charge is 2.09. The normalized spacial score (nSPS) is 10.7.